The first kappa shape index (κ1) is 8.52. The molecule has 0 bridgehead atoms. The summed E-state index contributed by atoms with van der Waals surface area (Å²) in [5.41, 5.74) is 0. The van der Waals surface area contributed by atoms with Crippen LogP contribution < -0.4 is 5.32 Å². The van der Waals surface area contributed by atoms with E-state index in [0.29, 0.717) is 6.04 Å². The number of nitrogens with zero attached hydrogens (tertiary/aromatic N) is 4. The summed E-state index contributed by atoms with van der Waals surface area (Å²) in [5.74, 6) is 1.87. The van der Waals surface area contributed by atoms with Crippen molar-refractivity contribution in [2.75, 3.05) is 5.32 Å². The Labute approximate surface area is 87.7 Å². The fraction of sp³-hybridized carbons (Fsp3) is 0.400. The summed E-state index contributed by atoms with van der Waals surface area (Å²) in [6, 6.07) is 2.58. The molecule has 0 aromatic carbocycles. The van der Waals surface area contributed by atoms with E-state index in [4.69, 9.17) is 0 Å². The third-order valence-electron chi connectivity index (χ3n) is 2.67. The number of aromatic nitrogens is 4. The van der Waals surface area contributed by atoms with Crippen LogP contribution in [0.5, 0.6) is 0 Å². The maximum absolute atomic E-state index is 4.30. The second-order valence-electron chi connectivity index (χ2n) is 3.85. The second kappa shape index (κ2) is 3.12. The van der Waals surface area contributed by atoms with Crippen molar-refractivity contribution < 1.29 is 0 Å². The monoisotopic (exact) mass is 203 g/mol. The van der Waals surface area contributed by atoms with Crippen LogP contribution in [0.1, 0.15) is 18.9 Å². The summed E-state index contributed by atoms with van der Waals surface area (Å²) in [7, 11) is 1.91. The van der Waals surface area contributed by atoms with E-state index < -0.39 is 0 Å². The molecule has 0 unspecified atom stereocenters. The lowest BCUT2D eigenvalue weighted by Gasteiger charge is -2.08. The molecule has 5 heteroatoms. The molecule has 1 aliphatic rings. The lowest BCUT2D eigenvalue weighted by atomic mass is 10.6. The van der Waals surface area contributed by atoms with E-state index in [9.17, 15) is 0 Å². The Morgan fingerprint density at radius 2 is 2.27 bits per heavy atom. The van der Waals surface area contributed by atoms with Crippen LogP contribution in [0, 0.1) is 0 Å². The van der Waals surface area contributed by atoms with Crippen LogP contribution in [0.4, 0.5) is 11.8 Å². The lowest BCUT2D eigenvalue weighted by molar-refractivity contribution is 0.740. The van der Waals surface area contributed by atoms with E-state index in [2.05, 4.69) is 20.0 Å². The van der Waals surface area contributed by atoms with Crippen LogP contribution >= 0.6 is 0 Å². The third kappa shape index (κ3) is 1.49. The smallest absolute Gasteiger partial charge is 0.208 e. The molecule has 1 aliphatic carbocycles. The molecule has 0 radical (unpaired) electrons. The molecule has 3 rings (SSSR count). The van der Waals surface area contributed by atoms with Gasteiger partial charge in [-0.2, -0.15) is 5.10 Å². The molecule has 1 fully saturated rings. The second-order valence-corrected chi connectivity index (χ2v) is 3.85. The van der Waals surface area contributed by atoms with E-state index in [1.165, 1.54) is 12.8 Å². The van der Waals surface area contributed by atoms with E-state index in [0.717, 1.165) is 11.8 Å². The Bertz CT molecular complexity index is 466. The highest BCUT2D eigenvalue weighted by molar-refractivity contribution is 5.48. The molecule has 0 amide bonds. The van der Waals surface area contributed by atoms with Crippen molar-refractivity contribution in [3.63, 3.8) is 0 Å². The van der Waals surface area contributed by atoms with Crippen molar-refractivity contribution in [3.8, 4) is 0 Å². The molecule has 2 aromatic rings. The number of aryl methyl sites for hydroxylation is 1. The first-order valence-corrected chi connectivity index (χ1v) is 5.12. The standard InChI is InChI=1S/C10H13N5/c1-14-9(4-5-12-14)13-10-11-6-7-15(10)8-2-3-8/h4-8H,2-3H2,1H3,(H,11,13). The van der Waals surface area contributed by atoms with Crippen molar-refractivity contribution in [3.05, 3.63) is 24.7 Å². The van der Waals surface area contributed by atoms with Gasteiger partial charge in [-0.3, -0.25) is 4.68 Å². The van der Waals surface area contributed by atoms with Gasteiger partial charge >= 0.3 is 0 Å². The highest BCUT2D eigenvalue weighted by Gasteiger charge is 2.25. The number of hydrogen-bond acceptors (Lipinski definition) is 3. The number of nitrogens with one attached hydrogen (secondary N) is 1. The Kier molecular flexibility index (Phi) is 1.77. The van der Waals surface area contributed by atoms with E-state index in [1.807, 2.05) is 25.5 Å². The Balaban J connectivity index is 1.87. The molecule has 15 heavy (non-hydrogen) atoms. The number of hydrogen-bond donors (Lipinski definition) is 1. The minimum Gasteiger partial charge on any atom is -0.314 e. The number of anilines is 2. The first-order valence-electron chi connectivity index (χ1n) is 5.12. The third-order valence-corrected chi connectivity index (χ3v) is 2.67. The zero-order valence-electron chi connectivity index (χ0n) is 8.59. The summed E-state index contributed by atoms with van der Waals surface area (Å²) in [6.07, 6.45) is 8.15. The largest absolute Gasteiger partial charge is 0.314 e. The Morgan fingerprint density at radius 3 is 2.93 bits per heavy atom. The van der Waals surface area contributed by atoms with Gasteiger partial charge in [-0.1, -0.05) is 0 Å². The van der Waals surface area contributed by atoms with Crippen LogP contribution in [0.15, 0.2) is 24.7 Å². The zero-order chi connectivity index (χ0) is 10.3. The Morgan fingerprint density at radius 1 is 1.40 bits per heavy atom. The van der Waals surface area contributed by atoms with Gasteiger partial charge in [0.1, 0.15) is 5.82 Å². The number of rotatable bonds is 3. The predicted octanol–water partition coefficient (Wildman–Crippen LogP) is 1.70. The summed E-state index contributed by atoms with van der Waals surface area (Å²) < 4.78 is 3.99. The average Bonchev–Trinajstić information content (AvgIpc) is 2.85. The van der Waals surface area contributed by atoms with Gasteiger partial charge in [0.15, 0.2) is 0 Å². The van der Waals surface area contributed by atoms with Crippen LogP contribution in [0.25, 0.3) is 0 Å². The summed E-state index contributed by atoms with van der Waals surface area (Å²) >= 11 is 0. The normalized spacial score (nSPS) is 15.5. The van der Waals surface area contributed by atoms with E-state index in [-0.39, 0.29) is 0 Å². The minimum absolute atomic E-state index is 0.642. The van der Waals surface area contributed by atoms with Crippen LogP contribution in [-0.4, -0.2) is 19.3 Å². The van der Waals surface area contributed by atoms with Gasteiger partial charge in [-0.25, -0.2) is 4.98 Å². The summed E-state index contributed by atoms with van der Waals surface area (Å²) in [4.78, 5) is 4.30. The SMILES string of the molecule is Cn1nccc1Nc1nccn1C1CC1. The highest BCUT2D eigenvalue weighted by atomic mass is 15.3. The lowest BCUT2D eigenvalue weighted by Crippen LogP contribution is -2.04. The number of imidazole rings is 1. The minimum atomic E-state index is 0.642. The van der Waals surface area contributed by atoms with Crippen LogP contribution in [0.3, 0.4) is 0 Å². The van der Waals surface area contributed by atoms with Gasteiger partial charge < -0.3 is 9.88 Å². The van der Waals surface area contributed by atoms with Gasteiger partial charge in [0.2, 0.25) is 5.95 Å². The molecule has 2 aromatic heterocycles. The molecule has 0 spiro atoms. The van der Waals surface area contributed by atoms with Gasteiger partial charge in [-0.05, 0) is 12.8 Å². The van der Waals surface area contributed by atoms with Crippen molar-refractivity contribution >= 4 is 11.8 Å². The zero-order valence-corrected chi connectivity index (χ0v) is 8.59. The van der Waals surface area contributed by atoms with Crippen molar-refractivity contribution in [1.82, 2.24) is 19.3 Å². The molecule has 5 nitrogen and oxygen atoms in total. The summed E-state index contributed by atoms with van der Waals surface area (Å²) in [6.45, 7) is 0. The quantitative estimate of drug-likeness (QED) is 0.825. The Hall–Kier alpha value is -1.78. The maximum Gasteiger partial charge on any atom is 0.208 e. The first-order chi connectivity index (χ1) is 7.34. The predicted molar refractivity (Wildman–Crippen MR) is 57.0 cm³/mol. The molecule has 1 N–H and O–H groups in total. The maximum atomic E-state index is 4.30. The highest BCUT2D eigenvalue weighted by Crippen LogP contribution is 2.37. The van der Waals surface area contributed by atoms with E-state index >= 15 is 0 Å². The molecule has 0 saturated heterocycles. The molecular formula is C10H13N5. The molecule has 1 saturated carbocycles. The fourth-order valence-electron chi connectivity index (χ4n) is 1.67. The van der Waals surface area contributed by atoms with Gasteiger partial charge in [0.05, 0.1) is 6.20 Å². The van der Waals surface area contributed by atoms with Crippen molar-refractivity contribution in [2.45, 2.75) is 18.9 Å². The van der Waals surface area contributed by atoms with Crippen LogP contribution in [-0.2, 0) is 7.05 Å². The molecular weight excluding hydrogens is 190 g/mol. The van der Waals surface area contributed by atoms with Gasteiger partial charge in [0.25, 0.3) is 0 Å². The van der Waals surface area contributed by atoms with E-state index in [1.54, 1.807) is 10.9 Å². The molecule has 0 aliphatic heterocycles. The van der Waals surface area contributed by atoms with Crippen molar-refractivity contribution in [1.29, 1.82) is 0 Å². The fourth-order valence-corrected chi connectivity index (χ4v) is 1.67. The van der Waals surface area contributed by atoms with Crippen LogP contribution in [0.2, 0.25) is 0 Å². The molecule has 0 atom stereocenters. The molecule has 2 heterocycles. The summed E-state index contributed by atoms with van der Waals surface area (Å²) in [5, 5.41) is 7.38. The molecule has 78 valence electrons. The topological polar surface area (TPSA) is 47.7 Å². The van der Waals surface area contributed by atoms with Gasteiger partial charge in [0, 0.05) is 31.5 Å². The van der Waals surface area contributed by atoms with Gasteiger partial charge in [-0.15, -0.1) is 0 Å². The average molecular weight is 203 g/mol. The van der Waals surface area contributed by atoms with Crippen molar-refractivity contribution in [2.24, 2.45) is 7.05 Å².